The first-order valence-electron chi connectivity index (χ1n) is 5.53. The molecular weight excluding hydrogens is 324 g/mol. The average molecular weight is 334 g/mol. The van der Waals surface area contributed by atoms with Crippen LogP contribution in [0.1, 0.15) is 5.56 Å². The van der Waals surface area contributed by atoms with E-state index >= 15 is 0 Å². The van der Waals surface area contributed by atoms with Crippen LogP contribution in [-0.2, 0) is 10.0 Å². The number of nitrogens with one attached hydrogen (secondary N) is 1. The molecule has 0 unspecified atom stereocenters. The van der Waals surface area contributed by atoms with Crippen LogP contribution in [0, 0.1) is 12.7 Å². The van der Waals surface area contributed by atoms with Crippen LogP contribution in [0.15, 0.2) is 41.3 Å². The molecule has 0 aromatic heterocycles. The standard InChI is InChI=1S/C13H10Cl2FNO2S/c1-8-6-10(3-5-13(8)16)20(18,19)17-9-2-4-11(14)12(15)7-9/h2-7,17H,1H3. The highest BCUT2D eigenvalue weighted by Crippen LogP contribution is 2.26. The van der Waals surface area contributed by atoms with Crippen LogP contribution in [0.4, 0.5) is 10.1 Å². The number of anilines is 1. The summed E-state index contributed by atoms with van der Waals surface area (Å²) in [5.41, 5.74) is 0.531. The third kappa shape index (κ3) is 3.23. The Morgan fingerprint density at radius 1 is 1.05 bits per heavy atom. The lowest BCUT2D eigenvalue weighted by Crippen LogP contribution is -2.13. The van der Waals surface area contributed by atoms with Gasteiger partial charge in [-0.1, -0.05) is 23.2 Å². The minimum atomic E-state index is -3.80. The van der Waals surface area contributed by atoms with Gasteiger partial charge in [-0.05, 0) is 48.9 Å². The average Bonchev–Trinajstić information content (AvgIpc) is 2.37. The molecule has 106 valence electrons. The van der Waals surface area contributed by atoms with Crippen LogP contribution in [0.25, 0.3) is 0 Å². The lowest BCUT2D eigenvalue weighted by Gasteiger charge is -2.09. The van der Waals surface area contributed by atoms with Crippen molar-refractivity contribution >= 4 is 38.9 Å². The smallest absolute Gasteiger partial charge is 0.261 e. The van der Waals surface area contributed by atoms with Crippen LogP contribution in [0.2, 0.25) is 10.0 Å². The van der Waals surface area contributed by atoms with E-state index in [1.54, 1.807) is 0 Å². The Kier molecular flexibility index (Phi) is 4.22. The van der Waals surface area contributed by atoms with Gasteiger partial charge >= 0.3 is 0 Å². The highest BCUT2D eigenvalue weighted by Gasteiger charge is 2.16. The molecule has 0 saturated heterocycles. The predicted octanol–water partition coefficient (Wildman–Crippen LogP) is 4.24. The Balaban J connectivity index is 2.35. The van der Waals surface area contributed by atoms with Crippen molar-refractivity contribution in [3.05, 3.63) is 57.8 Å². The zero-order chi connectivity index (χ0) is 14.9. The van der Waals surface area contributed by atoms with Gasteiger partial charge in [0.05, 0.1) is 20.6 Å². The van der Waals surface area contributed by atoms with E-state index in [1.807, 2.05) is 0 Å². The largest absolute Gasteiger partial charge is 0.280 e. The van der Waals surface area contributed by atoms with E-state index in [4.69, 9.17) is 23.2 Å². The fourth-order valence-electron chi connectivity index (χ4n) is 1.56. The molecular formula is C13H10Cl2FNO2S. The summed E-state index contributed by atoms with van der Waals surface area (Å²) in [6, 6.07) is 7.94. The first-order chi connectivity index (χ1) is 9.29. The molecule has 0 aliphatic heterocycles. The lowest BCUT2D eigenvalue weighted by atomic mass is 10.2. The maximum absolute atomic E-state index is 13.2. The minimum Gasteiger partial charge on any atom is -0.280 e. The summed E-state index contributed by atoms with van der Waals surface area (Å²) in [4.78, 5) is -0.0255. The predicted molar refractivity (Wildman–Crippen MR) is 78.4 cm³/mol. The second-order valence-electron chi connectivity index (χ2n) is 4.15. The Morgan fingerprint density at radius 2 is 1.75 bits per heavy atom. The molecule has 2 aromatic carbocycles. The Morgan fingerprint density at radius 3 is 2.35 bits per heavy atom. The topological polar surface area (TPSA) is 46.2 Å². The molecule has 0 fully saturated rings. The SMILES string of the molecule is Cc1cc(S(=O)(=O)Nc2ccc(Cl)c(Cl)c2)ccc1F. The van der Waals surface area contributed by atoms with Gasteiger partial charge in [-0.3, -0.25) is 4.72 Å². The molecule has 2 rings (SSSR count). The Labute approximate surface area is 126 Å². The monoisotopic (exact) mass is 333 g/mol. The Hall–Kier alpha value is -1.30. The number of halogens is 3. The summed E-state index contributed by atoms with van der Waals surface area (Å²) in [5.74, 6) is -0.460. The van der Waals surface area contributed by atoms with Gasteiger partial charge in [0.2, 0.25) is 0 Å². The molecule has 7 heteroatoms. The molecule has 1 N–H and O–H groups in total. The zero-order valence-corrected chi connectivity index (χ0v) is 12.7. The van der Waals surface area contributed by atoms with E-state index in [1.165, 1.54) is 37.3 Å². The Bertz CT molecular complexity index is 763. The van der Waals surface area contributed by atoms with Gasteiger partial charge in [-0.15, -0.1) is 0 Å². The van der Waals surface area contributed by atoms with Crippen molar-refractivity contribution in [2.45, 2.75) is 11.8 Å². The maximum atomic E-state index is 13.2. The van der Waals surface area contributed by atoms with E-state index in [9.17, 15) is 12.8 Å². The van der Waals surface area contributed by atoms with Crippen molar-refractivity contribution < 1.29 is 12.8 Å². The molecule has 0 saturated carbocycles. The van der Waals surface area contributed by atoms with Gasteiger partial charge in [0.15, 0.2) is 0 Å². The van der Waals surface area contributed by atoms with Crippen molar-refractivity contribution in [3.63, 3.8) is 0 Å². The summed E-state index contributed by atoms with van der Waals surface area (Å²) < 4.78 is 39.8. The number of benzene rings is 2. The van der Waals surface area contributed by atoms with Gasteiger partial charge in [0, 0.05) is 0 Å². The quantitative estimate of drug-likeness (QED) is 0.912. The number of sulfonamides is 1. The lowest BCUT2D eigenvalue weighted by molar-refractivity contribution is 0.598. The van der Waals surface area contributed by atoms with Crippen LogP contribution in [0.5, 0.6) is 0 Å². The molecule has 0 bridgehead atoms. The molecule has 3 nitrogen and oxygen atoms in total. The van der Waals surface area contributed by atoms with E-state index in [0.717, 1.165) is 6.07 Å². The fraction of sp³-hybridized carbons (Fsp3) is 0.0769. The second-order valence-corrected chi connectivity index (χ2v) is 6.64. The summed E-state index contributed by atoms with van der Waals surface area (Å²) in [6.07, 6.45) is 0. The molecule has 0 heterocycles. The van der Waals surface area contributed by atoms with Crippen LogP contribution < -0.4 is 4.72 Å². The number of hydrogen-bond acceptors (Lipinski definition) is 2. The van der Waals surface area contributed by atoms with Crippen molar-refractivity contribution in [2.24, 2.45) is 0 Å². The number of hydrogen-bond donors (Lipinski definition) is 1. The first kappa shape index (κ1) is 15.1. The van der Waals surface area contributed by atoms with Crippen LogP contribution in [-0.4, -0.2) is 8.42 Å². The highest BCUT2D eigenvalue weighted by molar-refractivity contribution is 7.92. The molecule has 0 radical (unpaired) electrons. The minimum absolute atomic E-state index is 0.0255. The van der Waals surface area contributed by atoms with Crippen LogP contribution in [0.3, 0.4) is 0 Å². The van der Waals surface area contributed by atoms with Gasteiger partial charge in [0.25, 0.3) is 10.0 Å². The van der Waals surface area contributed by atoms with Crippen molar-refractivity contribution in [3.8, 4) is 0 Å². The van der Waals surface area contributed by atoms with E-state index in [-0.39, 0.29) is 21.2 Å². The van der Waals surface area contributed by atoms with Crippen molar-refractivity contribution in [1.29, 1.82) is 0 Å². The molecule has 0 amide bonds. The van der Waals surface area contributed by atoms with Crippen molar-refractivity contribution in [2.75, 3.05) is 4.72 Å². The maximum Gasteiger partial charge on any atom is 0.261 e. The van der Waals surface area contributed by atoms with Gasteiger partial charge in [0.1, 0.15) is 5.82 Å². The third-order valence-electron chi connectivity index (χ3n) is 2.61. The van der Waals surface area contributed by atoms with E-state index in [2.05, 4.69) is 4.72 Å². The molecule has 20 heavy (non-hydrogen) atoms. The van der Waals surface area contributed by atoms with E-state index < -0.39 is 15.8 Å². The third-order valence-corrected chi connectivity index (χ3v) is 4.73. The van der Waals surface area contributed by atoms with Gasteiger partial charge < -0.3 is 0 Å². The number of rotatable bonds is 3. The number of aryl methyl sites for hydroxylation is 1. The normalized spacial score (nSPS) is 11.4. The van der Waals surface area contributed by atoms with Crippen molar-refractivity contribution in [1.82, 2.24) is 0 Å². The molecule has 2 aromatic rings. The highest BCUT2D eigenvalue weighted by atomic mass is 35.5. The van der Waals surface area contributed by atoms with Gasteiger partial charge in [-0.2, -0.15) is 0 Å². The summed E-state index contributed by atoms with van der Waals surface area (Å²) >= 11 is 11.6. The fourth-order valence-corrected chi connectivity index (χ4v) is 2.99. The summed E-state index contributed by atoms with van der Waals surface area (Å²) in [7, 11) is -3.80. The molecule has 0 aliphatic carbocycles. The zero-order valence-electron chi connectivity index (χ0n) is 10.3. The van der Waals surface area contributed by atoms with E-state index in [0.29, 0.717) is 5.02 Å². The molecule has 0 aliphatic rings. The summed E-state index contributed by atoms with van der Waals surface area (Å²) in [6.45, 7) is 1.49. The molecule has 0 spiro atoms. The van der Waals surface area contributed by atoms with Crippen LogP contribution >= 0.6 is 23.2 Å². The van der Waals surface area contributed by atoms with Gasteiger partial charge in [-0.25, -0.2) is 12.8 Å². The molecule has 0 atom stereocenters. The second kappa shape index (κ2) is 5.60. The summed E-state index contributed by atoms with van der Waals surface area (Å²) in [5, 5.41) is 0.564. The first-order valence-corrected chi connectivity index (χ1v) is 7.77.